The van der Waals surface area contributed by atoms with Crippen LogP contribution in [0, 0.1) is 18.8 Å². The van der Waals surface area contributed by atoms with Crippen LogP contribution in [-0.2, 0) is 12.8 Å². The van der Waals surface area contributed by atoms with E-state index in [1.165, 1.54) is 16.7 Å². The number of nitrogens with zero attached hydrogens (tertiary/aromatic N) is 1. The maximum Gasteiger partial charge on any atom is 0.115 e. The highest BCUT2D eigenvalue weighted by Gasteiger charge is 2.47. The van der Waals surface area contributed by atoms with Gasteiger partial charge in [-0.2, -0.15) is 0 Å². The predicted molar refractivity (Wildman–Crippen MR) is 104 cm³/mol. The Kier molecular flexibility index (Phi) is 4.76. The molecule has 0 amide bonds. The first kappa shape index (κ1) is 17.6. The number of hydrogen-bond donors (Lipinski definition) is 2. The number of likely N-dealkylation sites (tertiary alicyclic amines) is 1. The van der Waals surface area contributed by atoms with Gasteiger partial charge < -0.3 is 15.1 Å². The maximum atomic E-state index is 11.2. The zero-order valence-electron chi connectivity index (χ0n) is 15.6. The minimum absolute atomic E-state index is 0.331. The number of aliphatic hydroxyl groups is 1. The Morgan fingerprint density at radius 3 is 2.31 bits per heavy atom. The van der Waals surface area contributed by atoms with Gasteiger partial charge in [0.1, 0.15) is 5.75 Å². The van der Waals surface area contributed by atoms with Crippen LogP contribution in [0.5, 0.6) is 5.75 Å². The molecule has 1 heterocycles. The van der Waals surface area contributed by atoms with E-state index < -0.39 is 5.60 Å². The minimum Gasteiger partial charge on any atom is -0.508 e. The minimum atomic E-state index is -0.523. The molecule has 2 aromatic carbocycles. The molecule has 2 fully saturated rings. The molecule has 1 aliphatic carbocycles. The van der Waals surface area contributed by atoms with E-state index in [9.17, 15) is 10.2 Å². The van der Waals surface area contributed by atoms with Gasteiger partial charge in [-0.15, -0.1) is 0 Å². The van der Waals surface area contributed by atoms with Crippen LogP contribution in [0.2, 0.25) is 0 Å². The van der Waals surface area contributed by atoms with Crippen molar-refractivity contribution in [2.75, 3.05) is 19.6 Å². The molecule has 4 rings (SSSR count). The van der Waals surface area contributed by atoms with Gasteiger partial charge in [0.2, 0.25) is 0 Å². The van der Waals surface area contributed by atoms with Crippen molar-refractivity contribution in [3.8, 4) is 5.75 Å². The van der Waals surface area contributed by atoms with Gasteiger partial charge in [-0.25, -0.2) is 0 Å². The highest BCUT2D eigenvalue weighted by molar-refractivity contribution is 5.28. The highest BCUT2D eigenvalue weighted by Crippen LogP contribution is 2.45. The van der Waals surface area contributed by atoms with Crippen molar-refractivity contribution in [3.63, 3.8) is 0 Å². The molecule has 1 saturated carbocycles. The van der Waals surface area contributed by atoms with Gasteiger partial charge in [-0.05, 0) is 66.8 Å². The van der Waals surface area contributed by atoms with Gasteiger partial charge in [0.25, 0.3) is 0 Å². The molecule has 26 heavy (non-hydrogen) atoms. The molecule has 138 valence electrons. The van der Waals surface area contributed by atoms with E-state index in [0.717, 1.165) is 45.3 Å². The molecule has 3 heteroatoms. The smallest absolute Gasteiger partial charge is 0.115 e. The SMILES string of the molecule is Cc1ccccc1CC1(O)CC2CN(CCc3ccc(O)cc3)CC2C1. The van der Waals surface area contributed by atoms with Crippen molar-refractivity contribution in [1.82, 2.24) is 4.90 Å². The summed E-state index contributed by atoms with van der Waals surface area (Å²) in [6.07, 6.45) is 3.68. The lowest BCUT2D eigenvalue weighted by Crippen LogP contribution is -2.33. The van der Waals surface area contributed by atoms with E-state index in [4.69, 9.17) is 0 Å². The Hall–Kier alpha value is -1.84. The topological polar surface area (TPSA) is 43.7 Å². The zero-order chi connectivity index (χ0) is 18.1. The number of phenols is 1. The molecule has 0 bridgehead atoms. The van der Waals surface area contributed by atoms with Gasteiger partial charge in [0.05, 0.1) is 5.60 Å². The zero-order valence-corrected chi connectivity index (χ0v) is 15.6. The van der Waals surface area contributed by atoms with E-state index in [0.29, 0.717) is 17.6 Å². The lowest BCUT2D eigenvalue weighted by atomic mass is 9.89. The second-order valence-corrected chi connectivity index (χ2v) is 8.43. The molecule has 2 aromatic rings. The quantitative estimate of drug-likeness (QED) is 0.866. The third kappa shape index (κ3) is 3.79. The molecule has 1 aliphatic heterocycles. The fraction of sp³-hybridized carbons (Fsp3) is 0.478. The molecular formula is C23H29NO2. The summed E-state index contributed by atoms with van der Waals surface area (Å²) in [6, 6.07) is 16.0. The molecule has 2 aliphatic rings. The lowest BCUT2D eigenvalue weighted by molar-refractivity contribution is 0.0354. The normalized spacial score (nSPS) is 28.4. The Bertz CT molecular complexity index is 741. The number of benzene rings is 2. The molecule has 0 aromatic heterocycles. The molecule has 2 N–H and O–H groups in total. The number of fused-ring (bicyclic) bond motifs is 1. The predicted octanol–water partition coefficient (Wildman–Crippen LogP) is 3.56. The highest BCUT2D eigenvalue weighted by atomic mass is 16.3. The van der Waals surface area contributed by atoms with Crippen LogP contribution in [0.1, 0.15) is 29.5 Å². The fourth-order valence-corrected chi connectivity index (χ4v) is 5.00. The summed E-state index contributed by atoms with van der Waals surface area (Å²) in [5.74, 6) is 1.59. The maximum absolute atomic E-state index is 11.2. The first-order valence-corrected chi connectivity index (χ1v) is 9.78. The summed E-state index contributed by atoms with van der Waals surface area (Å²) in [5, 5.41) is 20.5. The summed E-state index contributed by atoms with van der Waals surface area (Å²) >= 11 is 0. The molecule has 0 spiro atoms. The third-order valence-corrected chi connectivity index (χ3v) is 6.37. The number of aryl methyl sites for hydroxylation is 1. The van der Waals surface area contributed by atoms with E-state index in [2.05, 4.69) is 36.1 Å². The van der Waals surface area contributed by atoms with Crippen molar-refractivity contribution in [2.45, 2.75) is 38.2 Å². The summed E-state index contributed by atoms with van der Waals surface area (Å²) in [5.41, 5.74) is 3.33. The second kappa shape index (κ2) is 7.05. The largest absolute Gasteiger partial charge is 0.508 e. The van der Waals surface area contributed by atoms with Crippen LogP contribution >= 0.6 is 0 Å². The molecule has 1 saturated heterocycles. The van der Waals surface area contributed by atoms with Crippen LogP contribution in [0.3, 0.4) is 0 Å². The average Bonchev–Trinajstić information content (AvgIpc) is 3.11. The lowest BCUT2D eigenvalue weighted by Gasteiger charge is -2.26. The van der Waals surface area contributed by atoms with Crippen molar-refractivity contribution in [3.05, 3.63) is 65.2 Å². The number of phenolic OH excluding ortho intramolecular Hbond substituents is 1. The van der Waals surface area contributed by atoms with Gasteiger partial charge in [0, 0.05) is 26.1 Å². The van der Waals surface area contributed by atoms with Crippen LogP contribution in [0.15, 0.2) is 48.5 Å². The standard InChI is InChI=1S/C23H29NO2/c1-17-4-2-3-5-19(17)12-23(26)13-20-15-24(16-21(20)14-23)11-10-18-6-8-22(25)9-7-18/h2-9,20-21,25-26H,10-16H2,1H3. The fourth-order valence-electron chi connectivity index (χ4n) is 5.00. The van der Waals surface area contributed by atoms with Gasteiger partial charge in [-0.3, -0.25) is 0 Å². The van der Waals surface area contributed by atoms with Crippen LogP contribution < -0.4 is 0 Å². The van der Waals surface area contributed by atoms with Crippen LogP contribution in [-0.4, -0.2) is 40.3 Å². The van der Waals surface area contributed by atoms with Crippen LogP contribution in [0.25, 0.3) is 0 Å². The number of rotatable bonds is 5. The van der Waals surface area contributed by atoms with Gasteiger partial charge >= 0.3 is 0 Å². The van der Waals surface area contributed by atoms with Crippen molar-refractivity contribution >= 4 is 0 Å². The van der Waals surface area contributed by atoms with Crippen molar-refractivity contribution in [1.29, 1.82) is 0 Å². The summed E-state index contributed by atoms with van der Waals surface area (Å²) in [6.45, 7) is 5.42. The summed E-state index contributed by atoms with van der Waals surface area (Å²) in [7, 11) is 0. The first-order valence-electron chi connectivity index (χ1n) is 9.78. The molecule has 0 radical (unpaired) electrons. The van der Waals surface area contributed by atoms with Crippen molar-refractivity contribution in [2.24, 2.45) is 11.8 Å². The Morgan fingerprint density at radius 1 is 1.00 bits per heavy atom. The molecular weight excluding hydrogens is 322 g/mol. The third-order valence-electron chi connectivity index (χ3n) is 6.37. The summed E-state index contributed by atoms with van der Waals surface area (Å²) < 4.78 is 0. The van der Waals surface area contributed by atoms with E-state index >= 15 is 0 Å². The molecule has 2 atom stereocenters. The Labute approximate surface area is 156 Å². The summed E-state index contributed by atoms with van der Waals surface area (Å²) in [4.78, 5) is 2.55. The van der Waals surface area contributed by atoms with E-state index in [-0.39, 0.29) is 0 Å². The van der Waals surface area contributed by atoms with Crippen molar-refractivity contribution < 1.29 is 10.2 Å². The average molecular weight is 351 g/mol. The Balaban J connectivity index is 1.31. The van der Waals surface area contributed by atoms with E-state index in [1.807, 2.05) is 12.1 Å². The molecule has 3 nitrogen and oxygen atoms in total. The number of aromatic hydroxyl groups is 1. The van der Waals surface area contributed by atoms with Gasteiger partial charge in [0.15, 0.2) is 0 Å². The first-order chi connectivity index (χ1) is 12.5. The van der Waals surface area contributed by atoms with Crippen LogP contribution in [0.4, 0.5) is 0 Å². The Morgan fingerprint density at radius 2 is 1.65 bits per heavy atom. The number of hydrogen-bond acceptors (Lipinski definition) is 3. The monoisotopic (exact) mass is 351 g/mol. The van der Waals surface area contributed by atoms with E-state index in [1.54, 1.807) is 12.1 Å². The van der Waals surface area contributed by atoms with Gasteiger partial charge in [-0.1, -0.05) is 36.4 Å². The second-order valence-electron chi connectivity index (χ2n) is 8.43. The molecule has 2 unspecified atom stereocenters.